The van der Waals surface area contributed by atoms with E-state index in [1.807, 2.05) is 0 Å². The highest BCUT2D eigenvalue weighted by atomic mass is 19.4. The van der Waals surface area contributed by atoms with E-state index in [4.69, 9.17) is 0 Å². The maximum absolute atomic E-state index is 13.4. The zero-order valence-corrected chi connectivity index (χ0v) is 11.1. The molecular formula is C13H14F7N. The van der Waals surface area contributed by atoms with E-state index >= 15 is 0 Å². The first kappa shape index (κ1) is 17.7. The molecule has 0 fully saturated rings. The summed E-state index contributed by atoms with van der Waals surface area (Å²) in [7, 11) is 0. The summed E-state index contributed by atoms with van der Waals surface area (Å²) >= 11 is 0. The lowest BCUT2D eigenvalue weighted by molar-refractivity contribution is -0.142. The number of hydrogen-bond donors (Lipinski definition) is 1. The van der Waals surface area contributed by atoms with Gasteiger partial charge >= 0.3 is 12.4 Å². The third-order valence-corrected chi connectivity index (χ3v) is 2.78. The van der Waals surface area contributed by atoms with Crippen molar-refractivity contribution in [1.82, 2.24) is 5.32 Å². The second kappa shape index (κ2) is 6.64. The Balaban J connectivity index is 3.05. The van der Waals surface area contributed by atoms with Gasteiger partial charge in [-0.05, 0) is 30.7 Å². The summed E-state index contributed by atoms with van der Waals surface area (Å²) in [4.78, 5) is 0. The topological polar surface area (TPSA) is 12.0 Å². The summed E-state index contributed by atoms with van der Waals surface area (Å²) < 4.78 is 88.1. The Morgan fingerprint density at radius 1 is 1.10 bits per heavy atom. The van der Waals surface area contributed by atoms with Crippen LogP contribution in [0.2, 0.25) is 0 Å². The van der Waals surface area contributed by atoms with Gasteiger partial charge in [-0.25, -0.2) is 4.39 Å². The molecule has 0 bridgehead atoms. The number of alkyl halides is 6. The average Bonchev–Trinajstić information content (AvgIpc) is 2.31. The molecule has 0 aliphatic heterocycles. The number of hydrogen-bond acceptors (Lipinski definition) is 1. The first-order chi connectivity index (χ1) is 9.54. The monoisotopic (exact) mass is 317 g/mol. The molecule has 0 aromatic heterocycles. The van der Waals surface area contributed by atoms with E-state index in [1.54, 1.807) is 6.92 Å². The van der Waals surface area contributed by atoms with Crippen LogP contribution in [0, 0.1) is 5.82 Å². The fourth-order valence-electron chi connectivity index (χ4n) is 1.84. The molecule has 1 unspecified atom stereocenters. The lowest BCUT2D eigenvalue weighted by Crippen LogP contribution is -2.27. The maximum Gasteiger partial charge on any atom is 0.419 e. The van der Waals surface area contributed by atoms with Gasteiger partial charge in [0.25, 0.3) is 0 Å². The van der Waals surface area contributed by atoms with E-state index in [1.165, 1.54) is 0 Å². The van der Waals surface area contributed by atoms with E-state index < -0.39 is 36.2 Å². The Kier molecular flexibility index (Phi) is 5.61. The zero-order chi connectivity index (χ0) is 16.3. The summed E-state index contributed by atoms with van der Waals surface area (Å²) in [5.41, 5.74) is -1.65. The molecule has 8 heteroatoms. The highest BCUT2D eigenvalue weighted by molar-refractivity contribution is 5.28. The third kappa shape index (κ3) is 5.53. The van der Waals surface area contributed by atoms with Crippen molar-refractivity contribution in [3.05, 3.63) is 35.1 Å². The molecule has 0 radical (unpaired) electrons. The highest BCUT2D eigenvalue weighted by Crippen LogP contribution is 2.34. The maximum atomic E-state index is 13.4. The van der Waals surface area contributed by atoms with Gasteiger partial charge < -0.3 is 5.32 Å². The summed E-state index contributed by atoms with van der Waals surface area (Å²) in [5.74, 6) is -1.58. The van der Waals surface area contributed by atoms with Crippen LogP contribution in [0.3, 0.4) is 0 Å². The highest BCUT2D eigenvalue weighted by Gasteiger charge is 2.36. The molecule has 120 valence electrons. The van der Waals surface area contributed by atoms with Crippen molar-refractivity contribution in [1.29, 1.82) is 0 Å². The quantitative estimate of drug-likeness (QED) is 0.767. The Bertz CT molecular complexity index is 465. The number of nitrogens with one attached hydrogen (secondary N) is 1. The fourth-order valence-corrected chi connectivity index (χ4v) is 1.84. The first-order valence-electron chi connectivity index (χ1n) is 6.21. The van der Waals surface area contributed by atoms with Crippen molar-refractivity contribution in [3.8, 4) is 0 Å². The Hall–Kier alpha value is -1.31. The van der Waals surface area contributed by atoms with Gasteiger partial charge in [-0.2, -0.15) is 26.3 Å². The number of rotatable bonds is 5. The molecule has 1 N–H and O–H groups in total. The van der Waals surface area contributed by atoms with Crippen LogP contribution in [0.25, 0.3) is 0 Å². The van der Waals surface area contributed by atoms with Crippen LogP contribution >= 0.6 is 0 Å². The van der Waals surface area contributed by atoms with Gasteiger partial charge in [-0.15, -0.1) is 0 Å². The second-order valence-corrected chi connectivity index (χ2v) is 4.56. The average molecular weight is 317 g/mol. The number of halogens is 7. The molecule has 0 saturated heterocycles. The Morgan fingerprint density at radius 2 is 1.71 bits per heavy atom. The van der Waals surface area contributed by atoms with Gasteiger partial charge in [0, 0.05) is 6.04 Å². The van der Waals surface area contributed by atoms with E-state index in [-0.39, 0.29) is 12.1 Å². The summed E-state index contributed by atoms with van der Waals surface area (Å²) in [6.45, 7) is 1.97. The molecule has 0 spiro atoms. The molecular weight excluding hydrogens is 303 g/mol. The fraction of sp³-hybridized carbons (Fsp3) is 0.538. The molecule has 1 nitrogen and oxygen atoms in total. The van der Waals surface area contributed by atoms with Crippen LogP contribution in [-0.4, -0.2) is 12.7 Å². The lowest BCUT2D eigenvalue weighted by Gasteiger charge is -2.21. The van der Waals surface area contributed by atoms with E-state index in [9.17, 15) is 30.7 Å². The van der Waals surface area contributed by atoms with E-state index in [0.29, 0.717) is 18.6 Å². The summed E-state index contributed by atoms with van der Waals surface area (Å²) in [6.07, 6.45) is -10.1. The Labute approximate surface area is 117 Å². The molecule has 0 aliphatic rings. The van der Waals surface area contributed by atoms with E-state index in [2.05, 4.69) is 5.32 Å². The molecule has 0 aliphatic carbocycles. The summed E-state index contributed by atoms with van der Waals surface area (Å²) in [6, 6.07) is 0.552. The normalized spacial score (nSPS) is 14.3. The van der Waals surface area contributed by atoms with Crippen molar-refractivity contribution < 1.29 is 30.7 Å². The standard InChI is InChI=1S/C13H14F7N/c1-2-5-21-11(7-12(15,16)17)8-3-4-9(10(14)6-8)13(18,19)20/h3-4,6,11,21H,2,5,7H2,1H3. The molecule has 0 heterocycles. The van der Waals surface area contributed by atoms with Crippen LogP contribution in [0.15, 0.2) is 18.2 Å². The molecule has 1 aromatic rings. The lowest BCUT2D eigenvalue weighted by atomic mass is 10.0. The van der Waals surface area contributed by atoms with Gasteiger partial charge in [0.15, 0.2) is 0 Å². The molecule has 0 amide bonds. The second-order valence-electron chi connectivity index (χ2n) is 4.56. The SMILES string of the molecule is CCCNC(CC(F)(F)F)c1ccc(C(F)(F)F)c(F)c1. The third-order valence-electron chi connectivity index (χ3n) is 2.78. The predicted octanol–water partition coefficient (Wildman–Crippen LogP) is 4.84. The summed E-state index contributed by atoms with van der Waals surface area (Å²) in [5, 5.41) is 2.56. The van der Waals surface area contributed by atoms with Crippen LogP contribution < -0.4 is 5.32 Å². The van der Waals surface area contributed by atoms with Crippen molar-refractivity contribution in [2.45, 2.75) is 38.2 Å². The molecule has 1 rings (SSSR count). The molecule has 1 atom stereocenters. The van der Waals surface area contributed by atoms with Gasteiger partial charge in [-0.3, -0.25) is 0 Å². The zero-order valence-electron chi connectivity index (χ0n) is 11.1. The minimum absolute atomic E-state index is 0.161. The Morgan fingerprint density at radius 3 is 2.14 bits per heavy atom. The molecule has 21 heavy (non-hydrogen) atoms. The smallest absolute Gasteiger partial charge is 0.310 e. The van der Waals surface area contributed by atoms with Crippen molar-refractivity contribution in [2.75, 3.05) is 6.54 Å². The minimum atomic E-state index is -4.88. The van der Waals surface area contributed by atoms with Gasteiger partial charge in [0.1, 0.15) is 5.82 Å². The predicted molar refractivity (Wildman–Crippen MR) is 63.1 cm³/mol. The van der Waals surface area contributed by atoms with Crippen LogP contribution in [0.1, 0.15) is 36.9 Å². The minimum Gasteiger partial charge on any atom is -0.310 e. The number of benzene rings is 1. The molecule has 0 saturated carbocycles. The van der Waals surface area contributed by atoms with E-state index in [0.717, 1.165) is 6.07 Å². The van der Waals surface area contributed by atoms with Crippen LogP contribution in [-0.2, 0) is 6.18 Å². The largest absolute Gasteiger partial charge is 0.419 e. The van der Waals surface area contributed by atoms with Gasteiger partial charge in [0.2, 0.25) is 0 Å². The van der Waals surface area contributed by atoms with Crippen LogP contribution in [0.4, 0.5) is 30.7 Å². The van der Waals surface area contributed by atoms with Gasteiger partial charge in [0.05, 0.1) is 12.0 Å². The molecule has 1 aromatic carbocycles. The first-order valence-corrected chi connectivity index (χ1v) is 6.21. The van der Waals surface area contributed by atoms with Crippen molar-refractivity contribution in [2.24, 2.45) is 0 Å². The van der Waals surface area contributed by atoms with Crippen LogP contribution in [0.5, 0.6) is 0 Å². The van der Waals surface area contributed by atoms with Crippen molar-refractivity contribution in [3.63, 3.8) is 0 Å². The van der Waals surface area contributed by atoms with Gasteiger partial charge in [-0.1, -0.05) is 13.0 Å². The van der Waals surface area contributed by atoms with Crippen molar-refractivity contribution >= 4 is 0 Å².